The molecule has 1 aliphatic carbocycles. The summed E-state index contributed by atoms with van der Waals surface area (Å²) in [6.45, 7) is 5.15. The Morgan fingerprint density at radius 2 is 1.45 bits per heavy atom. The molecule has 13 heteroatoms. The number of ether oxygens (including phenoxy) is 2. The third-order valence-electron chi connectivity index (χ3n) is 7.87. The Labute approximate surface area is 272 Å². The van der Waals surface area contributed by atoms with E-state index in [0.29, 0.717) is 6.42 Å². The van der Waals surface area contributed by atoms with Crippen LogP contribution < -0.4 is 16.0 Å². The molecule has 0 saturated heterocycles. The molecular formula is C34H41N3O10. The Hall–Kier alpha value is -5.20. The Kier molecular flexibility index (Phi) is 13.5. The van der Waals surface area contributed by atoms with E-state index < -0.39 is 72.7 Å². The molecule has 3 rings (SSSR count). The van der Waals surface area contributed by atoms with E-state index in [1.807, 2.05) is 48.5 Å². The molecule has 0 heterocycles. The van der Waals surface area contributed by atoms with Gasteiger partial charge in [-0.3, -0.25) is 19.2 Å². The van der Waals surface area contributed by atoms with Gasteiger partial charge >= 0.3 is 24.0 Å². The van der Waals surface area contributed by atoms with Crippen LogP contribution in [0.5, 0.6) is 0 Å². The molecule has 3 amide bonds. The van der Waals surface area contributed by atoms with Crippen LogP contribution >= 0.6 is 0 Å². The zero-order valence-corrected chi connectivity index (χ0v) is 26.6. The first-order valence-corrected chi connectivity index (χ1v) is 15.5. The van der Waals surface area contributed by atoms with E-state index in [1.54, 1.807) is 20.8 Å². The van der Waals surface area contributed by atoms with Gasteiger partial charge in [-0.1, -0.05) is 74.9 Å². The second-order valence-corrected chi connectivity index (χ2v) is 11.2. The minimum absolute atomic E-state index is 0.0324. The van der Waals surface area contributed by atoms with Crippen LogP contribution in [0, 0.1) is 5.92 Å². The minimum atomic E-state index is -1.36. The van der Waals surface area contributed by atoms with Crippen LogP contribution in [0.2, 0.25) is 0 Å². The van der Waals surface area contributed by atoms with Crippen LogP contribution in [-0.4, -0.2) is 77.4 Å². The van der Waals surface area contributed by atoms with Gasteiger partial charge in [0.25, 0.3) is 0 Å². The number of carbonyl (C=O) groups excluding carboxylic acids is 4. The smallest absolute Gasteiger partial charge is 0.407 e. The number of rotatable bonds is 17. The number of carboxylic acids is 2. The molecule has 2 aromatic carbocycles. The van der Waals surface area contributed by atoms with Crippen molar-refractivity contribution in [2.75, 3.05) is 13.2 Å². The third-order valence-corrected chi connectivity index (χ3v) is 7.87. The molecule has 0 fully saturated rings. The quantitative estimate of drug-likeness (QED) is 0.125. The lowest BCUT2D eigenvalue weighted by molar-refractivity contribution is -0.139. The van der Waals surface area contributed by atoms with Crippen LogP contribution in [0.1, 0.15) is 63.5 Å². The summed E-state index contributed by atoms with van der Waals surface area (Å²) in [5.74, 6) is -5.40. The van der Waals surface area contributed by atoms with Crippen LogP contribution in [0.3, 0.4) is 0 Å². The topological polar surface area (TPSA) is 197 Å². The van der Waals surface area contributed by atoms with Crippen molar-refractivity contribution in [2.24, 2.45) is 5.92 Å². The molecule has 0 aromatic heterocycles. The lowest BCUT2D eigenvalue weighted by Gasteiger charge is -2.27. The number of esters is 1. The first-order chi connectivity index (χ1) is 22.4. The fourth-order valence-electron chi connectivity index (χ4n) is 5.29. The summed E-state index contributed by atoms with van der Waals surface area (Å²) in [5.41, 5.74) is 4.05. The molecule has 5 N–H and O–H groups in total. The predicted octanol–water partition coefficient (Wildman–Crippen LogP) is 3.37. The number of fused-ring (bicyclic) bond motifs is 3. The largest absolute Gasteiger partial charge is 0.481 e. The average Bonchev–Trinajstić information content (AvgIpc) is 3.36. The van der Waals surface area contributed by atoms with Crippen molar-refractivity contribution >= 4 is 35.8 Å². The van der Waals surface area contributed by atoms with Gasteiger partial charge in [0, 0.05) is 18.4 Å². The zero-order valence-electron chi connectivity index (χ0n) is 26.6. The van der Waals surface area contributed by atoms with E-state index in [4.69, 9.17) is 9.47 Å². The Balaban J connectivity index is 1.72. The normalized spacial score (nSPS) is 14.5. The second-order valence-electron chi connectivity index (χ2n) is 11.2. The Bertz CT molecular complexity index is 1440. The number of carbonyl (C=O) groups is 6. The maximum atomic E-state index is 13.4. The highest BCUT2D eigenvalue weighted by Crippen LogP contribution is 2.44. The summed E-state index contributed by atoms with van der Waals surface area (Å²) in [7, 11) is 0. The summed E-state index contributed by atoms with van der Waals surface area (Å²) in [6, 6.07) is 11.9. The molecule has 2 unspecified atom stereocenters. The van der Waals surface area contributed by atoms with Gasteiger partial charge in [0.1, 0.15) is 18.7 Å². The lowest BCUT2D eigenvalue weighted by atomic mass is 9.97. The minimum Gasteiger partial charge on any atom is -0.481 e. The molecule has 2 aromatic rings. The van der Waals surface area contributed by atoms with Crippen molar-refractivity contribution in [3.8, 4) is 11.1 Å². The van der Waals surface area contributed by atoms with E-state index in [9.17, 15) is 39.0 Å². The summed E-state index contributed by atoms with van der Waals surface area (Å²) >= 11 is 0. The van der Waals surface area contributed by atoms with E-state index in [1.165, 1.54) is 6.08 Å². The molecule has 0 aliphatic heterocycles. The number of carboxylic acid groups (broad SMARTS) is 2. The van der Waals surface area contributed by atoms with Crippen molar-refractivity contribution in [1.82, 2.24) is 16.0 Å². The molecule has 0 saturated carbocycles. The molecule has 47 heavy (non-hydrogen) atoms. The van der Waals surface area contributed by atoms with Gasteiger partial charge in [-0.15, -0.1) is 0 Å². The van der Waals surface area contributed by atoms with Crippen molar-refractivity contribution in [1.29, 1.82) is 0 Å². The van der Waals surface area contributed by atoms with Crippen molar-refractivity contribution in [3.63, 3.8) is 0 Å². The molecule has 0 bridgehead atoms. The van der Waals surface area contributed by atoms with Gasteiger partial charge < -0.3 is 35.6 Å². The maximum Gasteiger partial charge on any atom is 0.407 e. The molecule has 13 nitrogen and oxygen atoms in total. The van der Waals surface area contributed by atoms with Crippen molar-refractivity contribution in [2.45, 2.75) is 70.5 Å². The number of alkyl carbamates (subject to hydrolysis) is 1. The fourth-order valence-corrected chi connectivity index (χ4v) is 5.29. The Morgan fingerprint density at radius 3 is 2.00 bits per heavy atom. The summed E-state index contributed by atoms with van der Waals surface area (Å²) in [4.78, 5) is 74.3. The molecule has 1 aliphatic rings. The van der Waals surface area contributed by atoms with Gasteiger partial charge in [0.15, 0.2) is 0 Å². The van der Waals surface area contributed by atoms with Gasteiger partial charge in [0.05, 0.1) is 19.1 Å². The molecule has 4 atom stereocenters. The molecule has 0 spiro atoms. The van der Waals surface area contributed by atoms with E-state index in [-0.39, 0.29) is 25.6 Å². The number of hydrogen-bond donors (Lipinski definition) is 5. The highest BCUT2D eigenvalue weighted by Gasteiger charge is 2.33. The number of hydrogen-bond acceptors (Lipinski definition) is 8. The number of nitrogens with one attached hydrogen (secondary N) is 3. The first-order valence-electron chi connectivity index (χ1n) is 15.5. The third kappa shape index (κ3) is 10.4. The standard InChI is InChI=1S/C34H41N3O10/c1-4-20(3)31(33(44)35-21(18-29(40)41)14-17-30(42)46-5-2)37-32(43)27(15-16-28(38)39)36-34(45)47-19-26-24-12-8-6-10-22(24)23-11-7-9-13-25(23)26/h6-14,17,20-21,26-27,31H,4-5,15-16,18-19H2,1-3H3,(H,35,44)(H,36,45)(H,37,43)(H,38,39)(H,40,41)/b17-14+/t20?,21?,27-,31-/m0/s1. The van der Waals surface area contributed by atoms with Crippen molar-refractivity contribution < 1.29 is 48.5 Å². The van der Waals surface area contributed by atoms with Crippen LogP contribution in [0.15, 0.2) is 60.7 Å². The summed E-state index contributed by atoms with van der Waals surface area (Å²) < 4.78 is 10.3. The summed E-state index contributed by atoms with van der Waals surface area (Å²) in [6.07, 6.45) is 0.397. The molecule has 252 valence electrons. The van der Waals surface area contributed by atoms with Crippen molar-refractivity contribution in [3.05, 3.63) is 71.8 Å². The molecular weight excluding hydrogens is 610 g/mol. The van der Waals surface area contributed by atoms with Gasteiger partial charge in [-0.05, 0) is 41.5 Å². The monoisotopic (exact) mass is 651 g/mol. The highest BCUT2D eigenvalue weighted by molar-refractivity contribution is 5.92. The van der Waals surface area contributed by atoms with Gasteiger partial charge in [0.2, 0.25) is 11.8 Å². The van der Waals surface area contributed by atoms with Gasteiger partial charge in [-0.2, -0.15) is 0 Å². The van der Waals surface area contributed by atoms with Gasteiger partial charge in [-0.25, -0.2) is 9.59 Å². The number of aliphatic carboxylic acids is 2. The van der Waals surface area contributed by atoms with E-state index in [0.717, 1.165) is 28.3 Å². The number of benzene rings is 2. The number of amides is 3. The van der Waals surface area contributed by atoms with E-state index in [2.05, 4.69) is 16.0 Å². The van der Waals surface area contributed by atoms with Crippen LogP contribution in [0.25, 0.3) is 11.1 Å². The van der Waals surface area contributed by atoms with E-state index >= 15 is 0 Å². The molecule has 0 radical (unpaired) electrons. The first kappa shape index (κ1) is 36.3. The fraction of sp³-hybridized carbons (Fsp3) is 0.412. The second kappa shape index (κ2) is 17.5. The van der Waals surface area contributed by atoms with Crippen LogP contribution in [-0.2, 0) is 33.4 Å². The SMILES string of the molecule is CCOC(=O)/C=C/C(CC(=O)O)NC(=O)[C@@H](NC(=O)[C@H](CCC(=O)O)NC(=O)OCC1c2ccccc2-c2ccccc21)C(C)CC. The Morgan fingerprint density at radius 1 is 0.830 bits per heavy atom. The predicted molar refractivity (Wildman–Crippen MR) is 170 cm³/mol. The summed E-state index contributed by atoms with van der Waals surface area (Å²) in [5, 5.41) is 26.1. The average molecular weight is 652 g/mol. The lowest BCUT2D eigenvalue weighted by Crippen LogP contribution is -2.57. The van der Waals surface area contributed by atoms with Crippen LogP contribution in [0.4, 0.5) is 4.79 Å². The zero-order chi connectivity index (χ0) is 34.5. The maximum absolute atomic E-state index is 13.4. The highest BCUT2D eigenvalue weighted by atomic mass is 16.5.